The van der Waals surface area contributed by atoms with E-state index in [4.69, 9.17) is 0 Å². The molecule has 0 radical (unpaired) electrons. The van der Waals surface area contributed by atoms with Crippen molar-refractivity contribution in [3.05, 3.63) is 53.9 Å². The van der Waals surface area contributed by atoms with Crippen molar-refractivity contribution in [1.29, 1.82) is 0 Å². The summed E-state index contributed by atoms with van der Waals surface area (Å²) >= 11 is 0. The summed E-state index contributed by atoms with van der Waals surface area (Å²) < 4.78 is 0. The van der Waals surface area contributed by atoms with Gasteiger partial charge in [-0.05, 0) is 42.5 Å². The topological polar surface area (TPSA) is 45.2 Å². The third-order valence-corrected chi connectivity index (χ3v) is 4.28. The van der Waals surface area contributed by atoms with Crippen LogP contribution in [0.5, 0.6) is 0 Å². The van der Waals surface area contributed by atoms with Crippen molar-refractivity contribution in [3.8, 4) is 0 Å². The van der Waals surface area contributed by atoms with E-state index < -0.39 is 0 Å². The van der Waals surface area contributed by atoms with Gasteiger partial charge in [0.2, 0.25) is 0 Å². The minimum Gasteiger partial charge on any atom is -0.371 e. The normalized spacial score (nSPS) is 14.3. The average molecular weight is 309 g/mol. The van der Waals surface area contributed by atoms with E-state index in [1.165, 1.54) is 12.8 Å². The first kappa shape index (κ1) is 15.5. The van der Waals surface area contributed by atoms with E-state index in [1.54, 1.807) is 6.20 Å². The maximum Gasteiger partial charge on any atom is 0.274 e. The predicted octanol–water partition coefficient (Wildman–Crippen LogP) is 4.06. The number of anilines is 2. The Bertz CT molecular complexity index is 691. The second kappa shape index (κ2) is 6.82. The van der Waals surface area contributed by atoms with Crippen LogP contribution in [-0.2, 0) is 0 Å². The standard InChI is InChI=1S/C19H23N3O/c1-14(2)16-7-3-4-8-17(16)21-19(23)18-13-15(9-10-20-18)22-11-5-6-12-22/h3-4,7-10,13-14H,5-6,11-12H2,1-2H3,(H,21,23). The van der Waals surface area contributed by atoms with Crippen molar-refractivity contribution in [2.75, 3.05) is 23.3 Å². The summed E-state index contributed by atoms with van der Waals surface area (Å²) in [5.41, 5.74) is 3.55. The van der Waals surface area contributed by atoms with Gasteiger partial charge in [-0.25, -0.2) is 0 Å². The minimum atomic E-state index is -0.154. The number of hydrogen-bond donors (Lipinski definition) is 1. The first-order chi connectivity index (χ1) is 11.1. The summed E-state index contributed by atoms with van der Waals surface area (Å²) in [5.74, 6) is 0.203. The molecule has 3 rings (SSSR count). The van der Waals surface area contributed by atoms with Gasteiger partial charge in [-0.15, -0.1) is 0 Å². The first-order valence-electron chi connectivity index (χ1n) is 8.26. The zero-order valence-corrected chi connectivity index (χ0v) is 13.7. The molecule has 1 aromatic heterocycles. The molecule has 120 valence electrons. The number of aromatic nitrogens is 1. The number of rotatable bonds is 4. The lowest BCUT2D eigenvalue weighted by atomic mass is 10.0. The van der Waals surface area contributed by atoms with Crippen LogP contribution < -0.4 is 10.2 Å². The van der Waals surface area contributed by atoms with Crippen molar-refractivity contribution in [2.24, 2.45) is 0 Å². The zero-order valence-electron chi connectivity index (χ0n) is 13.7. The molecule has 0 atom stereocenters. The predicted molar refractivity (Wildman–Crippen MR) is 94.2 cm³/mol. The van der Waals surface area contributed by atoms with Crippen LogP contribution in [0.15, 0.2) is 42.6 Å². The second-order valence-corrected chi connectivity index (χ2v) is 6.29. The Hall–Kier alpha value is -2.36. The third-order valence-electron chi connectivity index (χ3n) is 4.28. The highest BCUT2D eigenvalue weighted by Crippen LogP contribution is 2.25. The monoisotopic (exact) mass is 309 g/mol. The number of nitrogens with zero attached hydrogens (tertiary/aromatic N) is 2. The maximum absolute atomic E-state index is 12.6. The largest absolute Gasteiger partial charge is 0.371 e. The molecule has 23 heavy (non-hydrogen) atoms. The van der Waals surface area contributed by atoms with Crippen LogP contribution in [0.3, 0.4) is 0 Å². The lowest BCUT2D eigenvalue weighted by Gasteiger charge is -2.18. The van der Waals surface area contributed by atoms with Gasteiger partial charge in [0.05, 0.1) is 0 Å². The van der Waals surface area contributed by atoms with E-state index >= 15 is 0 Å². The molecule has 0 unspecified atom stereocenters. The molecule has 1 aliphatic heterocycles. The Kier molecular flexibility index (Phi) is 4.60. The third kappa shape index (κ3) is 3.52. The zero-order chi connectivity index (χ0) is 16.2. The van der Waals surface area contributed by atoms with Crippen LogP contribution in [0, 0.1) is 0 Å². The molecule has 4 nitrogen and oxygen atoms in total. The minimum absolute atomic E-state index is 0.154. The summed E-state index contributed by atoms with van der Waals surface area (Å²) in [4.78, 5) is 19.1. The van der Waals surface area contributed by atoms with Crippen molar-refractivity contribution in [3.63, 3.8) is 0 Å². The molecule has 0 saturated carbocycles. The van der Waals surface area contributed by atoms with Gasteiger partial charge in [-0.2, -0.15) is 0 Å². The van der Waals surface area contributed by atoms with E-state index in [2.05, 4.69) is 29.0 Å². The molecule has 1 saturated heterocycles. The molecule has 1 aromatic carbocycles. The van der Waals surface area contributed by atoms with Gasteiger partial charge in [0.15, 0.2) is 0 Å². The van der Waals surface area contributed by atoms with E-state index in [0.29, 0.717) is 11.6 Å². The summed E-state index contributed by atoms with van der Waals surface area (Å²) in [6.07, 6.45) is 4.15. The Morgan fingerprint density at radius 1 is 1.17 bits per heavy atom. The fourth-order valence-corrected chi connectivity index (χ4v) is 3.02. The molecular weight excluding hydrogens is 286 g/mol. The first-order valence-corrected chi connectivity index (χ1v) is 8.26. The fraction of sp³-hybridized carbons (Fsp3) is 0.368. The lowest BCUT2D eigenvalue weighted by molar-refractivity contribution is 0.102. The molecule has 2 heterocycles. The number of pyridine rings is 1. The highest BCUT2D eigenvalue weighted by Gasteiger charge is 2.16. The Morgan fingerprint density at radius 2 is 1.91 bits per heavy atom. The number of benzene rings is 1. The number of hydrogen-bond acceptors (Lipinski definition) is 3. The molecule has 4 heteroatoms. The molecule has 2 aromatic rings. The SMILES string of the molecule is CC(C)c1ccccc1NC(=O)c1cc(N2CCCC2)ccn1. The van der Waals surface area contributed by atoms with E-state index in [1.807, 2.05) is 36.4 Å². The highest BCUT2D eigenvalue weighted by atomic mass is 16.1. The molecule has 0 spiro atoms. The van der Waals surface area contributed by atoms with E-state index in [-0.39, 0.29) is 5.91 Å². The number of carbonyl (C=O) groups is 1. The summed E-state index contributed by atoms with van der Waals surface area (Å²) in [5, 5.41) is 3.01. The summed E-state index contributed by atoms with van der Waals surface area (Å²) in [6.45, 7) is 6.36. The van der Waals surface area contributed by atoms with Gasteiger partial charge in [0, 0.05) is 30.7 Å². The van der Waals surface area contributed by atoms with Crippen molar-refractivity contribution in [1.82, 2.24) is 4.98 Å². The number of amides is 1. The smallest absolute Gasteiger partial charge is 0.274 e. The fourth-order valence-electron chi connectivity index (χ4n) is 3.02. The van der Waals surface area contributed by atoms with Crippen LogP contribution in [0.1, 0.15) is 48.7 Å². The molecular formula is C19H23N3O. The summed E-state index contributed by atoms with van der Waals surface area (Å²) in [7, 11) is 0. The quantitative estimate of drug-likeness (QED) is 0.926. The molecule has 1 N–H and O–H groups in total. The Balaban J connectivity index is 1.80. The summed E-state index contributed by atoms with van der Waals surface area (Å²) in [6, 6.07) is 11.8. The van der Waals surface area contributed by atoms with Gasteiger partial charge >= 0.3 is 0 Å². The van der Waals surface area contributed by atoms with Gasteiger partial charge < -0.3 is 10.2 Å². The van der Waals surface area contributed by atoms with Crippen LogP contribution in [0.25, 0.3) is 0 Å². The molecule has 0 bridgehead atoms. The Morgan fingerprint density at radius 3 is 2.65 bits per heavy atom. The molecule has 1 fully saturated rings. The van der Waals surface area contributed by atoms with Gasteiger partial charge in [0.1, 0.15) is 5.69 Å². The van der Waals surface area contributed by atoms with Gasteiger partial charge in [0.25, 0.3) is 5.91 Å². The number of nitrogens with one attached hydrogen (secondary N) is 1. The van der Waals surface area contributed by atoms with Crippen molar-refractivity contribution in [2.45, 2.75) is 32.6 Å². The molecule has 1 aliphatic rings. The Labute approximate surface area is 137 Å². The van der Waals surface area contributed by atoms with E-state index in [0.717, 1.165) is 30.0 Å². The number of carbonyl (C=O) groups excluding carboxylic acids is 1. The van der Waals surface area contributed by atoms with Crippen LogP contribution in [0.2, 0.25) is 0 Å². The maximum atomic E-state index is 12.6. The van der Waals surface area contributed by atoms with Crippen molar-refractivity contribution >= 4 is 17.3 Å². The van der Waals surface area contributed by atoms with Crippen LogP contribution >= 0.6 is 0 Å². The van der Waals surface area contributed by atoms with Gasteiger partial charge in [-0.1, -0.05) is 32.0 Å². The average Bonchev–Trinajstić information content (AvgIpc) is 3.10. The van der Waals surface area contributed by atoms with Crippen LogP contribution in [-0.4, -0.2) is 24.0 Å². The van der Waals surface area contributed by atoms with Gasteiger partial charge in [-0.3, -0.25) is 9.78 Å². The lowest BCUT2D eigenvalue weighted by Crippen LogP contribution is -2.20. The van der Waals surface area contributed by atoms with Crippen molar-refractivity contribution < 1.29 is 4.79 Å². The highest BCUT2D eigenvalue weighted by molar-refractivity contribution is 6.03. The van der Waals surface area contributed by atoms with Crippen LogP contribution in [0.4, 0.5) is 11.4 Å². The molecule has 1 amide bonds. The second-order valence-electron chi connectivity index (χ2n) is 6.29. The van der Waals surface area contributed by atoms with E-state index in [9.17, 15) is 4.79 Å². The number of para-hydroxylation sites is 1. The molecule has 0 aliphatic carbocycles.